The first-order chi connectivity index (χ1) is 19.5. The number of guanidine groups is 1. The van der Waals surface area contributed by atoms with Gasteiger partial charge in [-0.25, -0.2) is 9.79 Å². The predicted molar refractivity (Wildman–Crippen MR) is 150 cm³/mol. The second kappa shape index (κ2) is 10.3. The number of esters is 1. The molecule has 3 aliphatic rings. The van der Waals surface area contributed by atoms with E-state index in [0.29, 0.717) is 19.0 Å². The van der Waals surface area contributed by atoms with Crippen LogP contribution in [0, 0.1) is 11.8 Å². The molecule has 6 rings (SSSR count). The average Bonchev–Trinajstić information content (AvgIpc) is 3.55. The summed E-state index contributed by atoms with van der Waals surface area (Å²) >= 11 is 0. The fourth-order valence-corrected chi connectivity index (χ4v) is 6.76. The fraction of sp³-hybridized carbons (Fsp3) is 0.312. The van der Waals surface area contributed by atoms with E-state index in [1.54, 1.807) is 0 Å². The van der Waals surface area contributed by atoms with Crippen LogP contribution in [0.25, 0.3) is 0 Å². The zero-order chi connectivity index (χ0) is 27.9. The van der Waals surface area contributed by atoms with Crippen LogP contribution < -0.4 is 0 Å². The Labute approximate surface area is 233 Å². The molecule has 2 amide bonds. The third-order valence-electron chi connectivity index (χ3n) is 8.44. The van der Waals surface area contributed by atoms with Gasteiger partial charge < -0.3 is 14.5 Å². The van der Waals surface area contributed by atoms with Crippen LogP contribution in [-0.2, 0) is 38.6 Å². The Balaban J connectivity index is 1.48. The maximum atomic E-state index is 14.2. The van der Waals surface area contributed by atoms with Crippen molar-refractivity contribution in [2.24, 2.45) is 16.8 Å². The maximum absolute atomic E-state index is 14.2. The summed E-state index contributed by atoms with van der Waals surface area (Å²) in [5.41, 5.74) is 1.34. The van der Waals surface area contributed by atoms with E-state index in [1.807, 2.05) is 108 Å². The largest absolute Gasteiger partial charge is 0.467 e. The minimum absolute atomic E-state index is 0.172. The van der Waals surface area contributed by atoms with Crippen molar-refractivity contribution in [3.8, 4) is 0 Å². The number of fused-ring (bicyclic) bond motifs is 3. The van der Waals surface area contributed by atoms with Crippen LogP contribution in [0.5, 0.6) is 0 Å². The minimum Gasteiger partial charge on any atom is -0.467 e. The van der Waals surface area contributed by atoms with Gasteiger partial charge in [0.25, 0.3) is 0 Å². The molecule has 40 heavy (non-hydrogen) atoms. The molecule has 0 aliphatic carbocycles. The molecule has 0 bridgehead atoms. The molecule has 3 aromatic rings. The number of aliphatic imine (C=N–C) groups is 1. The number of methoxy groups -OCH3 is 1. The molecule has 0 spiro atoms. The molecule has 3 heterocycles. The summed E-state index contributed by atoms with van der Waals surface area (Å²) in [6, 6.07) is 28.6. The summed E-state index contributed by atoms with van der Waals surface area (Å²) in [5, 5.41) is 0. The molecule has 204 valence electrons. The number of hydrogen-bond acceptors (Lipinski definition) is 5. The zero-order valence-corrected chi connectivity index (χ0v) is 22.6. The highest BCUT2D eigenvalue weighted by Gasteiger charge is 2.74. The number of nitrogens with zero attached hydrogens (tertiary/aromatic N) is 4. The van der Waals surface area contributed by atoms with Crippen molar-refractivity contribution in [3.63, 3.8) is 0 Å². The lowest BCUT2D eigenvalue weighted by atomic mass is 9.76. The maximum Gasteiger partial charge on any atom is 0.333 e. The summed E-state index contributed by atoms with van der Waals surface area (Å²) in [5.74, 6) is -2.09. The molecule has 0 radical (unpaired) electrons. The first-order valence-corrected chi connectivity index (χ1v) is 13.6. The molecular weight excluding hydrogens is 504 g/mol. The van der Waals surface area contributed by atoms with Crippen LogP contribution in [0.3, 0.4) is 0 Å². The highest BCUT2D eigenvalue weighted by atomic mass is 16.5. The normalized spacial score (nSPS) is 26.4. The molecule has 0 N–H and O–H groups in total. The number of hydrogen-bond donors (Lipinski definition) is 0. The Kier molecular flexibility index (Phi) is 6.62. The monoisotopic (exact) mass is 536 g/mol. The summed E-state index contributed by atoms with van der Waals surface area (Å²) in [6.45, 7) is 1.05. The first kappa shape index (κ1) is 25.8. The Morgan fingerprint density at radius 2 is 1.45 bits per heavy atom. The lowest BCUT2D eigenvalue weighted by Crippen LogP contribution is -2.61. The number of ether oxygens (including phenoxy) is 1. The highest BCUT2D eigenvalue weighted by molar-refractivity contribution is 6.11. The third-order valence-corrected chi connectivity index (χ3v) is 8.44. The Morgan fingerprint density at radius 3 is 2.05 bits per heavy atom. The van der Waals surface area contributed by atoms with E-state index >= 15 is 0 Å². The quantitative estimate of drug-likeness (QED) is 0.341. The molecule has 0 saturated carbocycles. The van der Waals surface area contributed by atoms with E-state index in [2.05, 4.69) is 0 Å². The number of carbonyl (C=O) groups is 3. The van der Waals surface area contributed by atoms with Gasteiger partial charge in [0.1, 0.15) is 0 Å². The molecule has 8 heteroatoms. The van der Waals surface area contributed by atoms with Crippen LogP contribution in [0.15, 0.2) is 96.0 Å². The lowest BCUT2D eigenvalue weighted by Gasteiger charge is -2.40. The van der Waals surface area contributed by atoms with Gasteiger partial charge in [-0.15, -0.1) is 0 Å². The number of likely N-dealkylation sites (tertiary alicyclic amines) is 1. The Bertz CT molecular complexity index is 1450. The van der Waals surface area contributed by atoms with E-state index in [0.717, 1.165) is 16.7 Å². The van der Waals surface area contributed by atoms with Gasteiger partial charge in [-0.3, -0.25) is 14.5 Å². The molecule has 3 aromatic carbocycles. The average molecular weight is 537 g/mol. The topological polar surface area (TPSA) is 82.5 Å². The van der Waals surface area contributed by atoms with E-state index in [1.165, 1.54) is 12.0 Å². The number of amides is 2. The number of rotatable bonds is 7. The number of benzene rings is 3. The zero-order valence-electron chi connectivity index (χ0n) is 22.6. The summed E-state index contributed by atoms with van der Waals surface area (Å²) in [6.07, 6.45) is 0.217. The Morgan fingerprint density at radius 1 is 0.875 bits per heavy atom. The molecular formula is C32H32N4O4. The van der Waals surface area contributed by atoms with Crippen molar-refractivity contribution in [2.45, 2.75) is 31.1 Å². The van der Waals surface area contributed by atoms with Crippen molar-refractivity contribution in [1.29, 1.82) is 0 Å². The van der Waals surface area contributed by atoms with Gasteiger partial charge in [0, 0.05) is 20.0 Å². The third kappa shape index (κ3) is 4.06. The number of carbonyl (C=O) groups excluding carboxylic acids is 3. The lowest BCUT2D eigenvalue weighted by molar-refractivity contribution is -0.158. The van der Waals surface area contributed by atoms with Gasteiger partial charge in [0.15, 0.2) is 11.5 Å². The van der Waals surface area contributed by atoms with Crippen LogP contribution >= 0.6 is 0 Å². The second-order valence-corrected chi connectivity index (χ2v) is 10.7. The van der Waals surface area contributed by atoms with Crippen LogP contribution in [0.2, 0.25) is 0 Å². The van der Waals surface area contributed by atoms with Crippen LogP contribution in [-0.4, -0.2) is 70.7 Å². The fourth-order valence-electron chi connectivity index (χ4n) is 6.76. The second-order valence-electron chi connectivity index (χ2n) is 10.7. The van der Waals surface area contributed by atoms with Gasteiger partial charge in [0.2, 0.25) is 11.8 Å². The van der Waals surface area contributed by atoms with Crippen LogP contribution in [0.4, 0.5) is 0 Å². The Hall–Kier alpha value is -4.46. The van der Waals surface area contributed by atoms with Gasteiger partial charge in [-0.05, 0) is 16.7 Å². The van der Waals surface area contributed by atoms with Gasteiger partial charge in [0.05, 0.1) is 38.1 Å². The van der Waals surface area contributed by atoms with Crippen molar-refractivity contribution < 1.29 is 19.1 Å². The summed E-state index contributed by atoms with van der Waals surface area (Å²) in [7, 11) is 3.27. The van der Waals surface area contributed by atoms with Gasteiger partial charge in [-0.1, -0.05) is 91.0 Å². The highest BCUT2D eigenvalue weighted by Crippen LogP contribution is 2.53. The van der Waals surface area contributed by atoms with Gasteiger partial charge >= 0.3 is 5.97 Å². The molecule has 8 nitrogen and oxygen atoms in total. The standard InChI is InChI=1S/C32H32N4O4/c1-34-21-25-26-27(29(38)35(28(26)37)20-24-16-10-5-11-17-24)32(30(39)40-2,18-22-12-6-3-7-13-22)36(25)31(34)33-19-23-14-8-4-9-15-23/h3-17,25-27H,18-21H2,1-2H3/t25-,26+,27-,32-/m1/s1. The van der Waals surface area contributed by atoms with E-state index < -0.39 is 29.4 Å². The van der Waals surface area contributed by atoms with E-state index in [4.69, 9.17) is 9.73 Å². The number of likely N-dealkylation sites (N-methyl/N-ethyl adjacent to an activating group) is 1. The molecule has 0 unspecified atom stereocenters. The summed E-state index contributed by atoms with van der Waals surface area (Å²) < 4.78 is 5.47. The smallest absolute Gasteiger partial charge is 0.333 e. The van der Waals surface area contributed by atoms with Crippen molar-refractivity contribution in [2.75, 3.05) is 20.7 Å². The molecule has 0 aromatic heterocycles. The van der Waals surface area contributed by atoms with Crippen molar-refractivity contribution in [1.82, 2.24) is 14.7 Å². The summed E-state index contributed by atoms with van der Waals surface area (Å²) in [4.78, 5) is 52.6. The predicted octanol–water partition coefficient (Wildman–Crippen LogP) is 3.13. The molecule has 3 saturated heterocycles. The van der Waals surface area contributed by atoms with Gasteiger partial charge in [-0.2, -0.15) is 0 Å². The minimum atomic E-state index is -1.43. The van der Waals surface area contributed by atoms with Crippen LogP contribution in [0.1, 0.15) is 16.7 Å². The van der Waals surface area contributed by atoms with E-state index in [9.17, 15) is 14.4 Å². The van der Waals surface area contributed by atoms with Crippen molar-refractivity contribution in [3.05, 3.63) is 108 Å². The van der Waals surface area contributed by atoms with Crippen molar-refractivity contribution >= 4 is 23.7 Å². The first-order valence-electron chi connectivity index (χ1n) is 13.6. The SMILES string of the molecule is COC(=O)[C@@]1(Cc2ccccc2)[C@H]2C(=O)N(Cc3ccccc3)C(=O)[C@H]2[C@H]2CN(C)C(=NCc3ccccc3)N21. The van der Waals surface area contributed by atoms with E-state index in [-0.39, 0.29) is 24.8 Å². The molecule has 4 atom stereocenters. The molecule has 3 fully saturated rings. The number of imide groups is 1. The molecule has 3 aliphatic heterocycles.